The molecule has 6 nitrogen and oxygen atoms in total. The van der Waals surface area contributed by atoms with Gasteiger partial charge in [0.05, 0.1) is 6.04 Å². The second-order valence-electron chi connectivity index (χ2n) is 8.36. The zero-order valence-electron chi connectivity index (χ0n) is 19.0. The molecule has 1 fully saturated rings. The molecule has 7 heteroatoms. The molecular weight excluding hydrogens is 433 g/mol. The molecule has 0 spiro atoms. The summed E-state index contributed by atoms with van der Waals surface area (Å²) in [6, 6.07) is 22.3. The lowest BCUT2D eigenvalue weighted by atomic mass is 9.87. The molecule has 2 N–H and O–H groups in total. The van der Waals surface area contributed by atoms with Gasteiger partial charge in [0, 0.05) is 0 Å². The fourth-order valence-corrected chi connectivity index (χ4v) is 4.25. The zero-order chi connectivity index (χ0) is 24.3. The topological polar surface area (TPSA) is 78.5 Å². The van der Waals surface area contributed by atoms with Crippen molar-refractivity contribution in [3.63, 3.8) is 0 Å². The number of hydrogen-bond acceptors (Lipinski definition) is 3. The van der Waals surface area contributed by atoms with E-state index in [-0.39, 0.29) is 12.5 Å². The average Bonchev–Trinajstić information content (AvgIpc) is 3.10. The molecule has 1 saturated heterocycles. The lowest BCUT2D eigenvalue weighted by Gasteiger charge is -2.25. The molecule has 34 heavy (non-hydrogen) atoms. The smallest absolute Gasteiger partial charge is 0.325 e. The first-order chi connectivity index (χ1) is 16.3. The van der Waals surface area contributed by atoms with Gasteiger partial charge in [0.2, 0.25) is 5.91 Å². The van der Waals surface area contributed by atoms with E-state index in [9.17, 15) is 18.8 Å². The highest BCUT2D eigenvalue weighted by Gasteiger charge is 2.51. The molecule has 4 amide bonds. The van der Waals surface area contributed by atoms with Crippen LogP contribution in [0.4, 0.5) is 9.18 Å². The molecule has 1 heterocycles. The molecule has 0 unspecified atom stereocenters. The van der Waals surface area contributed by atoms with Crippen molar-refractivity contribution in [3.8, 4) is 11.1 Å². The van der Waals surface area contributed by atoms with E-state index < -0.39 is 35.7 Å². The number of halogens is 1. The van der Waals surface area contributed by atoms with Gasteiger partial charge in [-0.3, -0.25) is 14.5 Å². The van der Waals surface area contributed by atoms with Gasteiger partial charge in [-0.25, -0.2) is 9.18 Å². The van der Waals surface area contributed by atoms with Gasteiger partial charge in [-0.05, 0) is 47.7 Å². The number of nitrogens with zero attached hydrogens (tertiary/aromatic N) is 1. The number of carbonyl (C=O) groups excluding carboxylic acids is 3. The Bertz CT molecular complexity index is 1200. The molecule has 1 aliphatic heterocycles. The first kappa shape index (κ1) is 23.2. The maximum Gasteiger partial charge on any atom is 0.325 e. The van der Waals surface area contributed by atoms with E-state index >= 15 is 0 Å². The fraction of sp³-hybridized carbons (Fsp3) is 0.222. The second kappa shape index (κ2) is 9.47. The normalized spacial score (nSPS) is 18.5. The number of urea groups is 1. The summed E-state index contributed by atoms with van der Waals surface area (Å²) in [5.41, 5.74) is 2.23. The average molecular weight is 460 g/mol. The van der Waals surface area contributed by atoms with Crippen molar-refractivity contribution in [3.05, 3.63) is 95.8 Å². The molecule has 0 bridgehead atoms. The summed E-state index contributed by atoms with van der Waals surface area (Å²) in [5, 5.41) is 5.55. The van der Waals surface area contributed by atoms with Crippen LogP contribution in [0.3, 0.4) is 0 Å². The molecule has 3 aromatic carbocycles. The summed E-state index contributed by atoms with van der Waals surface area (Å²) < 4.78 is 13.4. The maximum atomic E-state index is 13.4. The van der Waals surface area contributed by atoms with Crippen LogP contribution in [0.2, 0.25) is 0 Å². The van der Waals surface area contributed by atoms with Crippen LogP contribution in [0.5, 0.6) is 0 Å². The van der Waals surface area contributed by atoms with E-state index in [2.05, 4.69) is 10.6 Å². The van der Waals surface area contributed by atoms with Crippen LogP contribution in [0.25, 0.3) is 11.1 Å². The third-order valence-electron chi connectivity index (χ3n) is 6.24. The minimum Gasteiger partial charge on any atom is -0.348 e. The van der Waals surface area contributed by atoms with Crippen molar-refractivity contribution in [1.82, 2.24) is 15.5 Å². The Hall–Kier alpha value is -4.00. The minimum atomic E-state index is -1.32. The largest absolute Gasteiger partial charge is 0.348 e. The second-order valence-corrected chi connectivity index (χ2v) is 8.36. The van der Waals surface area contributed by atoms with Crippen LogP contribution < -0.4 is 10.6 Å². The van der Waals surface area contributed by atoms with E-state index in [0.29, 0.717) is 5.56 Å². The van der Waals surface area contributed by atoms with Crippen LogP contribution in [0, 0.1) is 5.82 Å². The van der Waals surface area contributed by atoms with E-state index in [1.54, 1.807) is 6.92 Å². The third-order valence-corrected chi connectivity index (χ3v) is 6.24. The van der Waals surface area contributed by atoms with Gasteiger partial charge in [0.1, 0.15) is 17.9 Å². The van der Waals surface area contributed by atoms with Gasteiger partial charge in [0.25, 0.3) is 5.91 Å². The Kier molecular flexibility index (Phi) is 6.45. The molecule has 174 valence electrons. The van der Waals surface area contributed by atoms with Gasteiger partial charge in [-0.1, -0.05) is 73.7 Å². The number of carbonyl (C=O) groups is 3. The zero-order valence-corrected chi connectivity index (χ0v) is 19.0. The standard InChI is InChI=1S/C27H26FN3O3/c1-3-27(22-13-15-23(28)16-14-22)25(33)31(26(34)30-27)17-24(32)29-18(2)19-9-11-21(12-10-19)20-7-5-4-6-8-20/h4-16,18H,3,17H2,1-2H3,(H,29,32)(H,30,34)/t18-,27+/m0/s1. The predicted molar refractivity (Wildman–Crippen MR) is 127 cm³/mol. The lowest BCUT2D eigenvalue weighted by Crippen LogP contribution is -2.45. The van der Waals surface area contributed by atoms with Crippen molar-refractivity contribution in [2.24, 2.45) is 0 Å². The summed E-state index contributed by atoms with van der Waals surface area (Å²) in [6.07, 6.45) is 0.269. The molecule has 4 rings (SSSR count). The van der Waals surface area contributed by atoms with Gasteiger partial charge in [-0.2, -0.15) is 0 Å². The fourth-order valence-electron chi connectivity index (χ4n) is 4.25. The highest BCUT2D eigenvalue weighted by atomic mass is 19.1. The minimum absolute atomic E-state index is 0.269. The van der Waals surface area contributed by atoms with Gasteiger partial charge < -0.3 is 10.6 Å². The first-order valence-electron chi connectivity index (χ1n) is 11.2. The molecule has 2 atom stereocenters. The summed E-state index contributed by atoms with van der Waals surface area (Å²) in [7, 11) is 0. The van der Waals surface area contributed by atoms with Crippen LogP contribution in [0.1, 0.15) is 37.4 Å². The molecule has 0 radical (unpaired) electrons. The van der Waals surface area contributed by atoms with Crippen molar-refractivity contribution in [2.45, 2.75) is 31.8 Å². The quantitative estimate of drug-likeness (QED) is 0.510. The van der Waals surface area contributed by atoms with Gasteiger partial charge >= 0.3 is 6.03 Å². The van der Waals surface area contributed by atoms with Crippen molar-refractivity contribution >= 4 is 17.8 Å². The van der Waals surface area contributed by atoms with Crippen molar-refractivity contribution in [1.29, 1.82) is 0 Å². The lowest BCUT2D eigenvalue weighted by molar-refractivity contribution is -0.135. The van der Waals surface area contributed by atoms with Crippen LogP contribution in [0.15, 0.2) is 78.9 Å². The molecular formula is C27H26FN3O3. The summed E-state index contributed by atoms with van der Waals surface area (Å²) >= 11 is 0. The monoisotopic (exact) mass is 459 g/mol. The van der Waals surface area contributed by atoms with Crippen LogP contribution >= 0.6 is 0 Å². The van der Waals surface area contributed by atoms with E-state index in [1.807, 2.05) is 61.5 Å². The Morgan fingerprint density at radius 2 is 1.59 bits per heavy atom. The molecule has 0 saturated carbocycles. The number of benzene rings is 3. The predicted octanol–water partition coefficient (Wildman–Crippen LogP) is 4.53. The summed E-state index contributed by atoms with van der Waals surface area (Å²) in [6.45, 7) is 3.20. The number of nitrogens with one attached hydrogen (secondary N) is 2. The van der Waals surface area contributed by atoms with E-state index in [4.69, 9.17) is 0 Å². The highest BCUT2D eigenvalue weighted by Crippen LogP contribution is 2.32. The highest BCUT2D eigenvalue weighted by molar-refractivity contribution is 6.09. The van der Waals surface area contributed by atoms with E-state index in [1.165, 1.54) is 24.3 Å². The molecule has 1 aliphatic rings. The third kappa shape index (κ3) is 4.41. The molecule has 0 aromatic heterocycles. The van der Waals surface area contributed by atoms with E-state index in [0.717, 1.165) is 21.6 Å². The number of imide groups is 1. The van der Waals surface area contributed by atoms with Gasteiger partial charge in [-0.15, -0.1) is 0 Å². The first-order valence-corrected chi connectivity index (χ1v) is 11.2. The van der Waals surface area contributed by atoms with Crippen molar-refractivity contribution in [2.75, 3.05) is 6.54 Å². The Morgan fingerprint density at radius 3 is 2.21 bits per heavy atom. The maximum absolute atomic E-state index is 13.4. The summed E-state index contributed by atoms with van der Waals surface area (Å²) in [4.78, 5) is 39.4. The summed E-state index contributed by atoms with van der Waals surface area (Å²) in [5.74, 6) is -1.41. The number of rotatable bonds is 7. The Labute approximate surface area is 197 Å². The van der Waals surface area contributed by atoms with Crippen LogP contribution in [-0.4, -0.2) is 29.3 Å². The molecule has 3 aromatic rings. The van der Waals surface area contributed by atoms with Gasteiger partial charge in [0.15, 0.2) is 0 Å². The van der Waals surface area contributed by atoms with Crippen molar-refractivity contribution < 1.29 is 18.8 Å². The molecule has 0 aliphatic carbocycles. The Morgan fingerprint density at radius 1 is 0.971 bits per heavy atom. The number of amides is 4. The van der Waals surface area contributed by atoms with Crippen LogP contribution in [-0.2, 0) is 15.1 Å². The SMILES string of the molecule is CC[C@]1(c2ccc(F)cc2)NC(=O)N(CC(=O)N[C@@H](C)c2ccc(-c3ccccc3)cc2)C1=O. The Balaban J connectivity index is 1.42. The number of hydrogen-bond donors (Lipinski definition) is 2.